The molecule has 3 N–H and O–H groups in total. The Kier molecular flexibility index (Phi) is 4.47. The van der Waals surface area contributed by atoms with E-state index in [2.05, 4.69) is 20.9 Å². The van der Waals surface area contributed by atoms with Crippen molar-refractivity contribution in [2.45, 2.75) is 31.0 Å². The number of anilines is 2. The molecule has 0 aliphatic carbocycles. The number of aromatic nitrogens is 4. The maximum atomic E-state index is 10.7. The van der Waals surface area contributed by atoms with Gasteiger partial charge in [-0.25, -0.2) is 15.0 Å². The zero-order valence-corrected chi connectivity index (χ0v) is 16.9. The van der Waals surface area contributed by atoms with Crippen LogP contribution >= 0.6 is 0 Å². The van der Waals surface area contributed by atoms with Crippen molar-refractivity contribution in [1.29, 1.82) is 0 Å². The first-order chi connectivity index (χ1) is 15.7. The van der Waals surface area contributed by atoms with Crippen molar-refractivity contribution >= 4 is 22.7 Å². The van der Waals surface area contributed by atoms with E-state index in [0.29, 0.717) is 28.6 Å². The van der Waals surface area contributed by atoms with Gasteiger partial charge in [-0.15, -0.1) is 0 Å². The van der Waals surface area contributed by atoms with Gasteiger partial charge in [-0.3, -0.25) is 4.57 Å². The van der Waals surface area contributed by atoms with Gasteiger partial charge in [-0.2, -0.15) is 0 Å². The van der Waals surface area contributed by atoms with Gasteiger partial charge in [-0.1, -0.05) is 18.2 Å². The van der Waals surface area contributed by atoms with Gasteiger partial charge in [0.15, 0.2) is 34.8 Å². The van der Waals surface area contributed by atoms with Gasteiger partial charge in [0.2, 0.25) is 0 Å². The molecule has 0 unspecified atom stereocenters. The lowest BCUT2D eigenvalue weighted by molar-refractivity contribution is -0.0504. The first kappa shape index (κ1) is 19.4. The van der Waals surface area contributed by atoms with Crippen LogP contribution in [-0.2, 0) is 11.2 Å². The summed E-state index contributed by atoms with van der Waals surface area (Å²) in [4.78, 5) is 15.9. The van der Waals surface area contributed by atoms with Crippen LogP contribution in [-0.4, -0.2) is 66.3 Å². The Bertz CT molecular complexity index is 1270. The van der Waals surface area contributed by atoms with Gasteiger partial charge in [0.25, 0.3) is 0 Å². The summed E-state index contributed by atoms with van der Waals surface area (Å²) in [5.74, 6) is 1.47. The van der Waals surface area contributed by atoms with Gasteiger partial charge >= 0.3 is 0 Å². The topological polar surface area (TPSA) is 130 Å². The van der Waals surface area contributed by atoms with Gasteiger partial charge in [-0.05, 0) is 30.2 Å². The summed E-state index contributed by atoms with van der Waals surface area (Å²) in [6.45, 7) is 0.324. The maximum absolute atomic E-state index is 10.7. The molecule has 2 aliphatic heterocycles. The van der Waals surface area contributed by atoms with Crippen molar-refractivity contribution in [2.24, 2.45) is 0 Å². The molecule has 0 radical (unpaired) electrons. The summed E-state index contributed by atoms with van der Waals surface area (Å²) >= 11 is 0. The number of para-hydroxylation sites is 1. The fourth-order valence-electron chi connectivity index (χ4n) is 4.57. The van der Waals surface area contributed by atoms with Crippen LogP contribution in [0.5, 0.6) is 0 Å². The summed E-state index contributed by atoms with van der Waals surface area (Å²) in [7, 11) is 0. The summed E-state index contributed by atoms with van der Waals surface area (Å²) in [6.07, 6.45) is -0.612. The average Bonchev–Trinajstić information content (AvgIpc) is 3.59. The molecule has 0 amide bonds. The van der Waals surface area contributed by atoms with E-state index in [1.807, 2.05) is 18.2 Å². The van der Waals surface area contributed by atoms with E-state index in [9.17, 15) is 15.3 Å². The smallest absolute Gasteiger partial charge is 0.180 e. The molecule has 4 atom stereocenters. The zero-order chi connectivity index (χ0) is 21.8. The van der Waals surface area contributed by atoms with Crippen LogP contribution in [0.15, 0.2) is 53.4 Å². The lowest BCUT2D eigenvalue weighted by Crippen LogP contribution is -2.33. The van der Waals surface area contributed by atoms with Crippen molar-refractivity contribution in [3.8, 4) is 11.6 Å². The molecule has 1 saturated heterocycles. The number of benzene rings is 1. The van der Waals surface area contributed by atoms with E-state index in [0.717, 1.165) is 18.7 Å². The summed E-state index contributed by atoms with van der Waals surface area (Å²) in [6, 6.07) is 11.6. The number of rotatable bonds is 4. The number of nitrogens with zero attached hydrogens (tertiary/aromatic N) is 5. The first-order valence-electron chi connectivity index (χ1n) is 10.4. The van der Waals surface area contributed by atoms with Crippen molar-refractivity contribution < 1.29 is 24.5 Å². The standard InChI is InChI=1S/C22H21N5O5/c28-10-15-17(29)18(30)22(32-15)27-19(14-6-3-9-31-14)25-16-20(23-11-24-21(16)27)26-8-7-12-4-1-2-5-13(12)26/h1-6,9,11,15,17-18,22,28-30H,7-8,10H2/t15-,17-,18-,22-/m1/s1. The highest BCUT2D eigenvalue weighted by Gasteiger charge is 2.45. The molecule has 4 aromatic rings. The van der Waals surface area contributed by atoms with E-state index < -0.39 is 31.1 Å². The molecule has 0 spiro atoms. The van der Waals surface area contributed by atoms with Crippen LogP contribution in [0.3, 0.4) is 0 Å². The number of fused-ring (bicyclic) bond motifs is 2. The molecule has 32 heavy (non-hydrogen) atoms. The number of furan rings is 1. The van der Waals surface area contributed by atoms with Gasteiger partial charge in [0, 0.05) is 12.2 Å². The monoisotopic (exact) mass is 435 g/mol. The third kappa shape index (κ3) is 2.77. The number of ether oxygens (including phenoxy) is 1. The molecule has 0 bridgehead atoms. The Balaban J connectivity index is 1.55. The minimum absolute atomic E-state index is 0.383. The molecular formula is C22H21N5O5. The van der Waals surface area contributed by atoms with E-state index in [1.165, 1.54) is 18.2 Å². The largest absolute Gasteiger partial charge is 0.461 e. The summed E-state index contributed by atoms with van der Waals surface area (Å²) in [5, 5.41) is 30.6. The fraction of sp³-hybridized carbons (Fsp3) is 0.318. The second kappa shape index (κ2) is 7.38. The number of hydrogen-bond donors (Lipinski definition) is 3. The minimum atomic E-state index is -1.29. The highest BCUT2D eigenvalue weighted by Crippen LogP contribution is 2.40. The number of hydrogen-bond acceptors (Lipinski definition) is 9. The molecule has 5 heterocycles. The summed E-state index contributed by atoms with van der Waals surface area (Å²) in [5.41, 5.74) is 3.25. The summed E-state index contributed by atoms with van der Waals surface area (Å²) < 4.78 is 13.0. The molecule has 10 heteroatoms. The maximum Gasteiger partial charge on any atom is 0.180 e. The Hall–Kier alpha value is -3.31. The second-order valence-electron chi connectivity index (χ2n) is 7.91. The van der Waals surface area contributed by atoms with Gasteiger partial charge in [0.05, 0.1) is 12.9 Å². The SMILES string of the molecule is OC[C@H]1O[C@@H](n2c(-c3ccco3)nc3c(N4CCc5ccccc54)ncnc32)[C@H](O)[C@@H]1O. The normalized spacial score (nSPS) is 25.0. The molecule has 1 fully saturated rings. The number of aliphatic hydroxyl groups excluding tert-OH is 3. The zero-order valence-electron chi connectivity index (χ0n) is 16.9. The quantitative estimate of drug-likeness (QED) is 0.435. The second-order valence-corrected chi connectivity index (χ2v) is 7.91. The minimum Gasteiger partial charge on any atom is -0.461 e. The molecule has 164 valence electrons. The van der Waals surface area contributed by atoms with Crippen LogP contribution in [0.4, 0.5) is 11.5 Å². The van der Waals surface area contributed by atoms with E-state index in [-0.39, 0.29) is 0 Å². The molecule has 1 aromatic carbocycles. The Morgan fingerprint density at radius 1 is 1.06 bits per heavy atom. The molecular weight excluding hydrogens is 414 g/mol. The van der Waals surface area contributed by atoms with Gasteiger partial charge in [0.1, 0.15) is 24.6 Å². The van der Waals surface area contributed by atoms with Crippen LogP contribution < -0.4 is 4.90 Å². The first-order valence-corrected chi connectivity index (χ1v) is 10.4. The van der Waals surface area contributed by atoms with E-state index in [4.69, 9.17) is 14.1 Å². The van der Waals surface area contributed by atoms with Crippen LogP contribution in [0.2, 0.25) is 0 Å². The molecule has 3 aromatic heterocycles. The van der Waals surface area contributed by atoms with Crippen molar-refractivity contribution in [3.05, 3.63) is 54.6 Å². The van der Waals surface area contributed by atoms with Crippen molar-refractivity contribution in [2.75, 3.05) is 18.1 Å². The lowest BCUT2D eigenvalue weighted by Gasteiger charge is -2.20. The molecule has 0 saturated carbocycles. The fourth-order valence-corrected chi connectivity index (χ4v) is 4.57. The Morgan fingerprint density at radius 3 is 2.72 bits per heavy atom. The Morgan fingerprint density at radius 2 is 1.94 bits per heavy atom. The van der Waals surface area contributed by atoms with E-state index in [1.54, 1.807) is 16.7 Å². The highest BCUT2D eigenvalue weighted by atomic mass is 16.6. The number of aliphatic hydroxyl groups is 3. The third-order valence-corrected chi connectivity index (χ3v) is 6.11. The van der Waals surface area contributed by atoms with Crippen molar-refractivity contribution in [1.82, 2.24) is 19.5 Å². The predicted octanol–water partition coefficient (Wildman–Crippen LogP) is 1.39. The third-order valence-electron chi connectivity index (χ3n) is 6.11. The van der Waals surface area contributed by atoms with Crippen LogP contribution in [0.25, 0.3) is 22.7 Å². The highest BCUT2D eigenvalue weighted by molar-refractivity contribution is 5.89. The van der Waals surface area contributed by atoms with Gasteiger partial charge < -0.3 is 29.4 Å². The average molecular weight is 435 g/mol. The molecule has 2 aliphatic rings. The lowest BCUT2D eigenvalue weighted by atomic mass is 10.1. The Labute approximate surface area is 182 Å². The van der Waals surface area contributed by atoms with Crippen molar-refractivity contribution in [3.63, 3.8) is 0 Å². The van der Waals surface area contributed by atoms with Crippen LogP contribution in [0.1, 0.15) is 11.8 Å². The molecule has 6 rings (SSSR count). The molecule has 10 nitrogen and oxygen atoms in total. The predicted molar refractivity (Wildman–Crippen MR) is 113 cm³/mol. The van der Waals surface area contributed by atoms with Crippen LogP contribution in [0, 0.1) is 0 Å². The van der Waals surface area contributed by atoms with E-state index >= 15 is 0 Å². The number of imidazole rings is 1.